The summed E-state index contributed by atoms with van der Waals surface area (Å²) in [5.41, 5.74) is 8.77. The van der Waals surface area contributed by atoms with Gasteiger partial charge in [0.25, 0.3) is 0 Å². The lowest BCUT2D eigenvalue weighted by atomic mass is 10.0. The topological polar surface area (TPSA) is 43.8 Å². The van der Waals surface area contributed by atoms with Crippen molar-refractivity contribution in [3.05, 3.63) is 51.5 Å². The van der Waals surface area contributed by atoms with E-state index >= 15 is 0 Å². The van der Waals surface area contributed by atoms with Gasteiger partial charge in [0, 0.05) is 19.5 Å². The van der Waals surface area contributed by atoms with Gasteiger partial charge in [-0.2, -0.15) is 5.10 Å². The third-order valence-electron chi connectivity index (χ3n) is 3.16. The third-order valence-corrected chi connectivity index (χ3v) is 4.19. The molecule has 3 nitrogen and oxygen atoms in total. The van der Waals surface area contributed by atoms with Gasteiger partial charge in [0.2, 0.25) is 0 Å². The SMILES string of the molecule is Cc1nn(C)c(CC(N)Cc2ccccc2F)c1Br. The van der Waals surface area contributed by atoms with Crippen LogP contribution in [0.2, 0.25) is 0 Å². The summed E-state index contributed by atoms with van der Waals surface area (Å²) in [5.74, 6) is -0.196. The Morgan fingerprint density at radius 2 is 2.05 bits per heavy atom. The van der Waals surface area contributed by atoms with Crippen LogP contribution < -0.4 is 5.73 Å². The van der Waals surface area contributed by atoms with Crippen molar-refractivity contribution in [2.45, 2.75) is 25.8 Å². The van der Waals surface area contributed by atoms with E-state index in [4.69, 9.17) is 5.73 Å². The molecule has 2 N–H and O–H groups in total. The van der Waals surface area contributed by atoms with E-state index in [1.54, 1.807) is 12.1 Å². The number of nitrogens with two attached hydrogens (primary N) is 1. The van der Waals surface area contributed by atoms with Crippen LogP contribution in [0.15, 0.2) is 28.7 Å². The number of halogens is 2. The summed E-state index contributed by atoms with van der Waals surface area (Å²) >= 11 is 3.52. The van der Waals surface area contributed by atoms with Gasteiger partial charge in [0.1, 0.15) is 5.82 Å². The van der Waals surface area contributed by atoms with Crippen molar-refractivity contribution in [1.82, 2.24) is 9.78 Å². The fraction of sp³-hybridized carbons (Fsp3) is 0.357. The molecule has 0 aliphatic carbocycles. The molecule has 102 valence electrons. The molecule has 5 heteroatoms. The summed E-state index contributed by atoms with van der Waals surface area (Å²) in [5, 5.41) is 4.33. The van der Waals surface area contributed by atoms with Gasteiger partial charge in [-0.05, 0) is 40.9 Å². The van der Waals surface area contributed by atoms with E-state index in [1.807, 2.05) is 24.7 Å². The van der Waals surface area contributed by atoms with E-state index in [1.165, 1.54) is 6.07 Å². The lowest BCUT2D eigenvalue weighted by Gasteiger charge is -2.13. The van der Waals surface area contributed by atoms with Crippen LogP contribution in [0.1, 0.15) is 17.0 Å². The average molecular weight is 326 g/mol. The average Bonchev–Trinajstić information content (AvgIpc) is 2.59. The molecule has 19 heavy (non-hydrogen) atoms. The first-order valence-electron chi connectivity index (χ1n) is 6.16. The standard InChI is InChI=1S/C14H17BrFN3/c1-9-14(15)13(19(2)18-9)8-11(17)7-10-5-3-4-6-12(10)16/h3-6,11H,7-8,17H2,1-2H3. The number of hydrogen-bond donors (Lipinski definition) is 1. The van der Waals surface area contributed by atoms with Gasteiger partial charge in [0.15, 0.2) is 0 Å². The molecule has 0 radical (unpaired) electrons. The molecule has 0 aliphatic heterocycles. The van der Waals surface area contributed by atoms with Gasteiger partial charge in [-0.1, -0.05) is 18.2 Å². The van der Waals surface area contributed by atoms with Crippen LogP contribution >= 0.6 is 15.9 Å². The molecule has 0 bridgehead atoms. The summed E-state index contributed by atoms with van der Waals surface area (Å²) in [4.78, 5) is 0. The zero-order chi connectivity index (χ0) is 14.0. The Bertz CT molecular complexity index is 580. The monoisotopic (exact) mass is 325 g/mol. The number of benzene rings is 1. The fourth-order valence-electron chi connectivity index (χ4n) is 2.17. The molecule has 0 aliphatic rings. The van der Waals surface area contributed by atoms with Gasteiger partial charge in [-0.25, -0.2) is 4.39 Å². The molecule has 1 aromatic heterocycles. The molecule has 0 amide bonds. The second-order valence-electron chi connectivity index (χ2n) is 4.73. The minimum atomic E-state index is -0.196. The van der Waals surface area contributed by atoms with Crippen LogP contribution in [0.5, 0.6) is 0 Å². The zero-order valence-electron chi connectivity index (χ0n) is 11.0. The molecule has 1 atom stereocenters. The van der Waals surface area contributed by atoms with Crippen LogP contribution in [0.25, 0.3) is 0 Å². The van der Waals surface area contributed by atoms with Gasteiger partial charge in [-0.3, -0.25) is 4.68 Å². The second-order valence-corrected chi connectivity index (χ2v) is 5.52. The van der Waals surface area contributed by atoms with Crippen LogP contribution in [0, 0.1) is 12.7 Å². The van der Waals surface area contributed by atoms with Gasteiger partial charge in [0.05, 0.1) is 15.9 Å². The van der Waals surface area contributed by atoms with Gasteiger partial charge < -0.3 is 5.73 Å². The molecule has 1 unspecified atom stereocenters. The normalized spacial score (nSPS) is 12.7. The Morgan fingerprint density at radius 3 is 2.63 bits per heavy atom. The van der Waals surface area contributed by atoms with Crippen molar-refractivity contribution in [3.63, 3.8) is 0 Å². The first-order chi connectivity index (χ1) is 8.99. The van der Waals surface area contributed by atoms with E-state index in [2.05, 4.69) is 21.0 Å². The minimum absolute atomic E-state index is 0.136. The van der Waals surface area contributed by atoms with Gasteiger partial charge >= 0.3 is 0 Å². The molecule has 0 fully saturated rings. The highest BCUT2D eigenvalue weighted by Gasteiger charge is 2.15. The van der Waals surface area contributed by atoms with Gasteiger partial charge in [-0.15, -0.1) is 0 Å². The Kier molecular flexibility index (Phi) is 4.37. The summed E-state index contributed by atoms with van der Waals surface area (Å²) in [6, 6.07) is 6.62. The number of aryl methyl sites for hydroxylation is 2. The van der Waals surface area contributed by atoms with Crippen LogP contribution in [0.3, 0.4) is 0 Å². The van der Waals surface area contributed by atoms with E-state index < -0.39 is 0 Å². The van der Waals surface area contributed by atoms with Crippen molar-refractivity contribution in [2.75, 3.05) is 0 Å². The number of hydrogen-bond acceptors (Lipinski definition) is 2. The lowest BCUT2D eigenvalue weighted by molar-refractivity contribution is 0.571. The predicted molar refractivity (Wildman–Crippen MR) is 77.4 cm³/mol. The molecule has 2 aromatic rings. The second kappa shape index (κ2) is 5.84. The molecule has 0 saturated carbocycles. The van der Waals surface area contributed by atoms with E-state index in [0.29, 0.717) is 18.4 Å². The Balaban J connectivity index is 2.10. The zero-order valence-corrected chi connectivity index (χ0v) is 12.6. The lowest BCUT2D eigenvalue weighted by Crippen LogP contribution is -2.27. The fourth-order valence-corrected chi connectivity index (χ4v) is 2.67. The Hall–Kier alpha value is -1.20. The summed E-state index contributed by atoms with van der Waals surface area (Å²) in [6.07, 6.45) is 1.18. The Labute approximate surface area is 120 Å². The minimum Gasteiger partial charge on any atom is -0.327 e. The van der Waals surface area contributed by atoms with Crippen molar-refractivity contribution >= 4 is 15.9 Å². The maximum absolute atomic E-state index is 13.6. The van der Waals surface area contributed by atoms with Crippen molar-refractivity contribution < 1.29 is 4.39 Å². The highest BCUT2D eigenvalue weighted by atomic mass is 79.9. The molecule has 1 heterocycles. The van der Waals surface area contributed by atoms with E-state index in [0.717, 1.165) is 15.9 Å². The number of rotatable bonds is 4. The number of nitrogens with zero attached hydrogens (tertiary/aromatic N) is 2. The smallest absolute Gasteiger partial charge is 0.126 e. The highest BCUT2D eigenvalue weighted by molar-refractivity contribution is 9.10. The van der Waals surface area contributed by atoms with E-state index in [9.17, 15) is 4.39 Å². The molecular weight excluding hydrogens is 309 g/mol. The molecule has 0 spiro atoms. The largest absolute Gasteiger partial charge is 0.327 e. The molecule has 2 rings (SSSR count). The van der Waals surface area contributed by atoms with Crippen LogP contribution in [-0.4, -0.2) is 15.8 Å². The maximum Gasteiger partial charge on any atom is 0.126 e. The highest BCUT2D eigenvalue weighted by Crippen LogP contribution is 2.22. The maximum atomic E-state index is 13.6. The first kappa shape index (κ1) is 14.2. The van der Waals surface area contributed by atoms with Crippen molar-refractivity contribution in [1.29, 1.82) is 0 Å². The molecule has 1 aromatic carbocycles. The van der Waals surface area contributed by atoms with Crippen molar-refractivity contribution in [2.24, 2.45) is 12.8 Å². The Morgan fingerprint density at radius 1 is 1.37 bits per heavy atom. The number of aromatic nitrogens is 2. The van der Waals surface area contributed by atoms with Crippen LogP contribution in [-0.2, 0) is 19.9 Å². The quantitative estimate of drug-likeness (QED) is 0.939. The third kappa shape index (κ3) is 3.22. The summed E-state index contributed by atoms with van der Waals surface area (Å²) in [7, 11) is 1.89. The molecule has 0 saturated heterocycles. The van der Waals surface area contributed by atoms with E-state index in [-0.39, 0.29) is 11.9 Å². The van der Waals surface area contributed by atoms with Crippen molar-refractivity contribution in [3.8, 4) is 0 Å². The molecular formula is C14H17BrFN3. The first-order valence-corrected chi connectivity index (χ1v) is 6.95. The van der Waals surface area contributed by atoms with Crippen LogP contribution in [0.4, 0.5) is 4.39 Å². The summed E-state index contributed by atoms with van der Waals surface area (Å²) < 4.78 is 16.4. The summed E-state index contributed by atoms with van der Waals surface area (Å²) in [6.45, 7) is 1.94. The predicted octanol–water partition coefficient (Wildman–Crippen LogP) is 2.74.